The second-order valence-electron chi connectivity index (χ2n) is 5.82. The summed E-state index contributed by atoms with van der Waals surface area (Å²) in [7, 11) is 1.61. The lowest BCUT2D eigenvalue weighted by atomic mass is 10.2. The minimum Gasteiger partial charge on any atom is -0.377 e. The number of rotatable bonds is 4. The molecule has 4 rings (SSSR count). The SMILES string of the molecule is COCc1noc(-c2nn(-c3ccc(C)cc3)c3c2CCC3)n1. The average Bonchev–Trinajstić information content (AvgIpc) is 3.24. The smallest absolute Gasteiger partial charge is 0.278 e. The quantitative estimate of drug-likeness (QED) is 0.741. The van der Waals surface area contributed by atoms with E-state index >= 15 is 0 Å². The summed E-state index contributed by atoms with van der Waals surface area (Å²) in [5.74, 6) is 1.01. The van der Waals surface area contributed by atoms with E-state index in [0.717, 1.165) is 30.6 Å². The van der Waals surface area contributed by atoms with Crippen LogP contribution in [0.15, 0.2) is 28.8 Å². The summed E-state index contributed by atoms with van der Waals surface area (Å²) < 4.78 is 12.4. The Hall–Kier alpha value is -2.47. The standard InChI is InChI=1S/C17H18N4O2/c1-11-6-8-12(9-7-11)21-14-5-3-4-13(14)16(19-21)17-18-15(10-22-2)20-23-17/h6-9H,3-5,10H2,1-2H3. The minimum absolute atomic E-state index is 0.338. The molecule has 0 saturated heterocycles. The molecule has 0 N–H and O–H groups in total. The molecule has 3 aromatic rings. The number of ether oxygens (including phenoxy) is 1. The molecule has 0 saturated carbocycles. The van der Waals surface area contributed by atoms with E-state index in [0.29, 0.717) is 18.3 Å². The predicted molar refractivity (Wildman–Crippen MR) is 84.3 cm³/mol. The van der Waals surface area contributed by atoms with Crippen LogP contribution in [0.1, 0.15) is 29.1 Å². The van der Waals surface area contributed by atoms with Crippen LogP contribution in [0.4, 0.5) is 0 Å². The molecule has 118 valence electrons. The van der Waals surface area contributed by atoms with Crippen LogP contribution in [0, 0.1) is 6.92 Å². The highest BCUT2D eigenvalue weighted by atomic mass is 16.5. The van der Waals surface area contributed by atoms with Crippen LogP contribution in [0.5, 0.6) is 0 Å². The first kappa shape index (κ1) is 14.1. The van der Waals surface area contributed by atoms with Crippen molar-refractivity contribution in [3.8, 4) is 17.3 Å². The monoisotopic (exact) mass is 310 g/mol. The van der Waals surface area contributed by atoms with E-state index < -0.39 is 0 Å². The third kappa shape index (κ3) is 2.45. The maximum atomic E-state index is 5.38. The molecular weight excluding hydrogens is 292 g/mol. The summed E-state index contributed by atoms with van der Waals surface area (Å²) in [5, 5.41) is 8.70. The van der Waals surface area contributed by atoms with Gasteiger partial charge in [0.15, 0.2) is 11.5 Å². The highest BCUT2D eigenvalue weighted by Gasteiger charge is 2.27. The predicted octanol–water partition coefficient (Wildman–Crippen LogP) is 2.87. The molecule has 0 unspecified atom stereocenters. The molecule has 0 radical (unpaired) electrons. The first-order chi connectivity index (χ1) is 11.3. The Labute approximate surface area is 134 Å². The van der Waals surface area contributed by atoms with Gasteiger partial charge < -0.3 is 9.26 Å². The number of methoxy groups -OCH3 is 1. The van der Waals surface area contributed by atoms with Crippen molar-refractivity contribution in [2.75, 3.05) is 7.11 Å². The van der Waals surface area contributed by atoms with E-state index in [9.17, 15) is 0 Å². The Morgan fingerprint density at radius 1 is 1.22 bits per heavy atom. The molecule has 1 aliphatic rings. The summed E-state index contributed by atoms with van der Waals surface area (Å²) >= 11 is 0. The first-order valence-electron chi connectivity index (χ1n) is 7.76. The van der Waals surface area contributed by atoms with Crippen molar-refractivity contribution in [1.82, 2.24) is 19.9 Å². The molecule has 6 nitrogen and oxygen atoms in total. The molecule has 1 aromatic carbocycles. The van der Waals surface area contributed by atoms with Crippen molar-refractivity contribution < 1.29 is 9.26 Å². The van der Waals surface area contributed by atoms with Gasteiger partial charge in [-0.1, -0.05) is 22.9 Å². The van der Waals surface area contributed by atoms with Crippen LogP contribution in [0.25, 0.3) is 17.3 Å². The minimum atomic E-state index is 0.338. The van der Waals surface area contributed by atoms with Crippen LogP contribution in [0.2, 0.25) is 0 Å². The number of nitrogens with zero attached hydrogens (tertiary/aromatic N) is 4. The summed E-state index contributed by atoms with van der Waals surface area (Å²) in [4.78, 5) is 4.39. The molecule has 0 spiro atoms. The molecule has 0 atom stereocenters. The zero-order chi connectivity index (χ0) is 15.8. The fraction of sp³-hybridized carbons (Fsp3) is 0.353. The highest BCUT2D eigenvalue weighted by Crippen LogP contribution is 2.33. The van der Waals surface area contributed by atoms with Crippen molar-refractivity contribution in [2.24, 2.45) is 0 Å². The van der Waals surface area contributed by atoms with E-state index in [4.69, 9.17) is 14.4 Å². The molecule has 1 aliphatic carbocycles. The van der Waals surface area contributed by atoms with E-state index in [2.05, 4.69) is 41.3 Å². The van der Waals surface area contributed by atoms with Crippen LogP contribution >= 0.6 is 0 Å². The third-order valence-electron chi connectivity index (χ3n) is 4.15. The van der Waals surface area contributed by atoms with Gasteiger partial charge in [-0.2, -0.15) is 10.1 Å². The maximum Gasteiger partial charge on any atom is 0.278 e. The third-order valence-corrected chi connectivity index (χ3v) is 4.15. The molecule has 2 aromatic heterocycles. The Bertz CT molecular complexity index is 833. The van der Waals surface area contributed by atoms with Gasteiger partial charge in [-0.3, -0.25) is 0 Å². The van der Waals surface area contributed by atoms with Crippen LogP contribution in [0.3, 0.4) is 0 Å². The van der Waals surface area contributed by atoms with Crippen molar-refractivity contribution in [2.45, 2.75) is 32.8 Å². The zero-order valence-corrected chi connectivity index (χ0v) is 13.2. The fourth-order valence-electron chi connectivity index (χ4n) is 3.05. The summed E-state index contributed by atoms with van der Waals surface area (Å²) in [6.07, 6.45) is 3.15. The lowest BCUT2D eigenvalue weighted by Crippen LogP contribution is -2.01. The Balaban J connectivity index is 1.79. The molecule has 0 bridgehead atoms. The number of aromatic nitrogens is 4. The van der Waals surface area contributed by atoms with Gasteiger partial charge in [-0.05, 0) is 38.3 Å². The molecule has 23 heavy (non-hydrogen) atoms. The van der Waals surface area contributed by atoms with Crippen molar-refractivity contribution in [3.05, 3.63) is 46.9 Å². The normalized spacial score (nSPS) is 13.5. The summed E-state index contributed by atoms with van der Waals surface area (Å²) in [5.41, 5.74) is 5.57. The van der Waals surface area contributed by atoms with Crippen LogP contribution < -0.4 is 0 Å². The second kappa shape index (κ2) is 5.62. The van der Waals surface area contributed by atoms with E-state index in [1.165, 1.54) is 16.8 Å². The van der Waals surface area contributed by atoms with E-state index in [1.54, 1.807) is 7.11 Å². The number of hydrogen-bond donors (Lipinski definition) is 0. The van der Waals surface area contributed by atoms with Gasteiger partial charge in [0.1, 0.15) is 6.61 Å². The topological polar surface area (TPSA) is 66.0 Å². The van der Waals surface area contributed by atoms with Gasteiger partial charge in [-0.25, -0.2) is 4.68 Å². The molecule has 0 amide bonds. The maximum absolute atomic E-state index is 5.38. The van der Waals surface area contributed by atoms with Crippen LogP contribution in [-0.4, -0.2) is 27.0 Å². The Kier molecular flexibility index (Phi) is 3.46. The van der Waals surface area contributed by atoms with Crippen molar-refractivity contribution in [3.63, 3.8) is 0 Å². The van der Waals surface area contributed by atoms with Crippen molar-refractivity contribution in [1.29, 1.82) is 0 Å². The van der Waals surface area contributed by atoms with E-state index in [1.807, 2.05) is 4.68 Å². The fourth-order valence-corrected chi connectivity index (χ4v) is 3.05. The number of aryl methyl sites for hydroxylation is 1. The molecular formula is C17H18N4O2. The molecule has 6 heteroatoms. The summed E-state index contributed by atoms with van der Waals surface area (Å²) in [6, 6.07) is 8.38. The Morgan fingerprint density at radius 3 is 2.83 bits per heavy atom. The summed E-state index contributed by atoms with van der Waals surface area (Å²) in [6.45, 7) is 2.42. The lowest BCUT2D eigenvalue weighted by Gasteiger charge is -2.05. The number of hydrogen-bond acceptors (Lipinski definition) is 5. The Morgan fingerprint density at radius 2 is 2.04 bits per heavy atom. The van der Waals surface area contributed by atoms with Gasteiger partial charge in [0, 0.05) is 18.4 Å². The van der Waals surface area contributed by atoms with Gasteiger partial charge >= 0.3 is 0 Å². The molecule has 2 heterocycles. The lowest BCUT2D eigenvalue weighted by molar-refractivity contribution is 0.174. The largest absolute Gasteiger partial charge is 0.377 e. The van der Waals surface area contributed by atoms with Gasteiger partial charge in [-0.15, -0.1) is 0 Å². The highest BCUT2D eigenvalue weighted by molar-refractivity contribution is 5.58. The molecule has 0 fully saturated rings. The molecule has 0 aliphatic heterocycles. The number of benzene rings is 1. The van der Waals surface area contributed by atoms with Gasteiger partial charge in [0.05, 0.1) is 5.69 Å². The zero-order valence-electron chi connectivity index (χ0n) is 13.2. The second-order valence-corrected chi connectivity index (χ2v) is 5.82. The van der Waals surface area contributed by atoms with Gasteiger partial charge in [0.25, 0.3) is 5.89 Å². The van der Waals surface area contributed by atoms with E-state index in [-0.39, 0.29) is 0 Å². The van der Waals surface area contributed by atoms with Gasteiger partial charge in [0.2, 0.25) is 0 Å². The number of fused-ring (bicyclic) bond motifs is 1. The average molecular weight is 310 g/mol. The van der Waals surface area contributed by atoms with Crippen LogP contribution in [-0.2, 0) is 24.2 Å². The first-order valence-corrected chi connectivity index (χ1v) is 7.76. The van der Waals surface area contributed by atoms with Crippen molar-refractivity contribution >= 4 is 0 Å².